The predicted octanol–water partition coefficient (Wildman–Crippen LogP) is 2.09. The third-order valence-corrected chi connectivity index (χ3v) is 5.21. The van der Waals surface area contributed by atoms with Gasteiger partial charge in [-0.3, -0.25) is 9.69 Å². The predicted molar refractivity (Wildman–Crippen MR) is 95.1 cm³/mol. The topological polar surface area (TPSA) is 51.2 Å². The molecule has 1 aromatic rings. The van der Waals surface area contributed by atoms with E-state index >= 15 is 0 Å². The Bertz CT molecular complexity index is 607. The van der Waals surface area contributed by atoms with Crippen molar-refractivity contribution in [3.05, 3.63) is 23.8 Å². The summed E-state index contributed by atoms with van der Waals surface area (Å²) < 4.78 is 16.2. The highest BCUT2D eigenvalue weighted by Gasteiger charge is 2.32. The van der Waals surface area contributed by atoms with Crippen LogP contribution in [0.25, 0.3) is 0 Å². The number of carbonyl (C=O) groups is 1. The van der Waals surface area contributed by atoms with Gasteiger partial charge in [0.25, 0.3) is 0 Å². The Morgan fingerprint density at radius 1 is 1.24 bits per heavy atom. The van der Waals surface area contributed by atoms with Gasteiger partial charge < -0.3 is 19.1 Å². The van der Waals surface area contributed by atoms with Crippen molar-refractivity contribution in [3.8, 4) is 11.5 Å². The molecule has 1 aromatic carbocycles. The van der Waals surface area contributed by atoms with Crippen LogP contribution >= 0.6 is 0 Å². The minimum Gasteiger partial charge on any atom is -0.493 e. The van der Waals surface area contributed by atoms with Crippen LogP contribution in [0, 0.1) is 0 Å². The van der Waals surface area contributed by atoms with E-state index < -0.39 is 0 Å². The van der Waals surface area contributed by atoms with Crippen molar-refractivity contribution < 1.29 is 19.0 Å². The van der Waals surface area contributed by atoms with Crippen LogP contribution in [0.4, 0.5) is 0 Å². The Labute approximate surface area is 149 Å². The highest BCUT2D eigenvalue weighted by Crippen LogP contribution is 2.37. The maximum absolute atomic E-state index is 12.9. The smallest absolute Gasteiger partial charge is 0.237 e. The van der Waals surface area contributed by atoms with Crippen LogP contribution in [0.15, 0.2) is 18.2 Å². The molecule has 2 saturated heterocycles. The van der Waals surface area contributed by atoms with E-state index in [-0.39, 0.29) is 11.9 Å². The van der Waals surface area contributed by atoms with E-state index in [1.807, 2.05) is 23.1 Å². The van der Waals surface area contributed by atoms with Crippen LogP contribution in [0.5, 0.6) is 11.5 Å². The Morgan fingerprint density at radius 3 is 2.76 bits per heavy atom. The molecule has 0 bridgehead atoms. The van der Waals surface area contributed by atoms with Crippen molar-refractivity contribution in [2.45, 2.75) is 31.8 Å². The van der Waals surface area contributed by atoms with Crippen molar-refractivity contribution >= 4 is 5.91 Å². The van der Waals surface area contributed by atoms with Gasteiger partial charge in [0.2, 0.25) is 5.91 Å². The molecule has 2 heterocycles. The maximum Gasteiger partial charge on any atom is 0.237 e. The monoisotopic (exact) mass is 348 g/mol. The highest BCUT2D eigenvalue weighted by molar-refractivity contribution is 5.79. The number of morpholine rings is 1. The van der Waals surface area contributed by atoms with Gasteiger partial charge in [0.15, 0.2) is 11.5 Å². The largest absolute Gasteiger partial charge is 0.493 e. The third-order valence-electron chi connectivity index (χ3n) is 5.21. The van der Waals surface area contributed by atoms with Crippen LogP contribution in [0.2, 0.25) is 0 Å². The summed E-state index contributed by atoms with van der Waals surface area (Å²) in [6.45, 7) is 5.62. The van der Waals surface area contributed by atoms with Gasteiger partial charge in [0, 0.05) is 19.1 Å². The molecule has 0 saturated carbocycles. The molecule has 2 atom stereocenters. The Hall–Kier alpha value is -1.79. The molecule has 2 unspecified atom stereocenters. The fourth-order valence-corrected chi connectivity index (χ4v) is 3.73. The van der Waals surface area contributed by atoms with Gasteiger partial charge in [-0.2, -0.15) is 0 Å². The minimum absolute atomic E-state index is 0.114. The van der Waals surface area contributed by atoms with Gasteiger partial charge in [-0.05, 0) is 37.5 Å². The number of hydrogen-bond donors (Lipinski definition) is 0. The number of hydrogen-bond acceptors (Lipinski definition) is 5. The number of benzene rings is 1. The number of rotatable bonds is 5. The number of nitrogens with zero attached hydrogens (tertiary/aromatic N) is 2. The molecule has 0 spiro atoms. The highest BCUT2D eigenvalue weighted by atomic mass is 16.5. The molecule has 0 N–H and O–H groups in total. The lowest BCUT2D eigenvalue weighted by Crippen LogP contribution is -2.49. The molecule has 25 heavy (non-hydrogen) atoms. The molecule has 2 fully saturated rings. The number of likely N-dealkylation sites (tertiary alicyclic amines) is 1. The van der Waals surface area contributed by atoms with E-state index in [9.17, 15) is 4.79 Å². The van der Waals surface area contributed by atoms with Gasteiger partial charge in [0.05, 0.1) is 40.0 Å². The zero-order chi connectivity index (χ0) is 17.8. The van der Waals surface area contributed by atoms with E-state index in [0.717, 1.165) is 31.5 Å². The molecule has 138 valence electrons. The summed E-state index contributed by atoms with van der Waals surface area (Å²) in [5.41, 5.74) is 1.11. The van der Waals surface area contributed by atoms with E-state index in [1.54, 1.807) is 14.2 Å². The quantitative estimate of drug-likeness (QED) is 0.816. The summed E-state index contributed by atoms with van der Waals surface area (Å²) in [7, 11) is 3.27. The van der Waals surface area contributed by atoms with Crippen molar-refractivity contribution in [3.63, 3.8) is 0 Å². The first-order valence-corrected chi connectivity index (χ1v) is 8.97. The van der Waals surface area contributed by atoms with Gasteiger partial charge >= 0.3 is 0 Å². The van der Waals surface area contributed by atoms with Crippen LogP contribution < -0.4 is 9.47 Å². The number of carbonyl (C=O) groups excluding carboxylic acids is 1. The van der Waals surface area contributed by atoms with Crippen LogP contribution in [0.1, 0.15) is 31.4 Å². The van der Waals surface area contributed by atoms with Crippen molar-refractivity contribution in [2.75, 3.05) is 47.1 Å². The molecule has 6 nitrogen and oxygen atoms in total. The molecule has 2 aliphatic heterocycles. The molecule has 0 aromatic heterocycles. The van der Waals surface area contributed by atoms with Gasteiger partial charge in [-0.15, -0.1) is 0 Å². The van der Waals surface area contributed by atoms with Crippen molar-refractivity contribution in [1.82, 2.24) is 9.80 Å². The van der Waals surface area contributed by atoms with E-state index in [0.29, 0.717) is 37.3 Å². The first kappa shape index (κ1) is 18.0. The maximum atomic E-state index is 12.9. The van der Waals surface area contributed by atoms with Gasteiger partial charge in [-0.25, -0.2) is 0 Å². The number of methoxy groups -OCH3 is 2. The van der Waals surface area contributed by atoms with Gasteiger partial charge in [-0.1, -0.05) is 6.07 Å². The molecular weight excluding hydrogens is 320 g/mol. The SMILES string of the molecule is COc1ccc(C2CCCN2C(=O)CN2CCOCC2C)cc1OC. The molecule has 6 heteroatoms. The summed E-state index contributed by atoms with van der Waals surface area (Å²) in [6, 6.07) is 6.35. The average Bonchev–Trinajstić information content (AvgIpc) is 3.13. The fraction of sp³-hybridized carbons (Fsp3) is 0.632. The molecule has 2 aliphatic rings. The van der Waals surface area contributed by atoms with Crippen molar-refractivity contribution in [1.29, 1.82) is 0 Å². The summed E-state index contributed by atoms with van der Waals surface area (Å²) >= 11 is 0. The lowest BCUT2D eigenvalue weighted by Gasteiger charge is -2.35. The summed E-state index contributed by atoms with van der Waals surface area (Å²) in [4.78, 5) is 17.1. The summed E-state index contributed by atoms with van der Waals surface area (Å²) in [5.74, 6) is 1.62. The molecule has 3 rings (SSSR count). The van der Waals surface area contributed by atoms with E-state index in [1.165, 1.54) is 0 Å². The summed E-state index contributed by atoms with van der Waals surface area (Å²) in [5, 5.41) is 0. The lowest BCUT2D eigenvalue weighted by atomic mass is 10.0. The lowest BCUT2D eigenvalue weighted by molar-refractivity contribution is -0.135. The van der Waals surface area contributed by atoms with Crippen LogP contribution in [-0.2, 0) is 9.53 Å². The Balaban J connectivity index is 1.72. The number of amides is 1. The third kappa shape index (κ3) is 3.90. The number of ether oxygens (including phenoxy) is 3. The summed E-state index contributed by atoms with van der Waals surface area (Å²) in [6.07, 6.45) is 2.02. The second-order valence-corrected chi connectivity index (χ2v) is 6.75. The first-order chi connectivity index (χ1) is 12.1. The first-order valence-electron chi connectivity index (χ1n) is 8.97. The Morgan fingerprint density at radius 2 is 2.04 bits per heavy atom. The zero-order valence-electron chi connectivity index (χ0n) is 15.4. The zero-order valence-corrected chi connectivity index (χ0v) is 15.4. The van der Waals surface area contributed by atoms with Gasteiger partial charge in [0.1, 0.15) is 0 Å². The standard InChI is InChI=1S/C19H28N2O4/c1-14-13-25-10-9-20(14)12-19(22)21-8-4-5-16(21)15-6-7-17(23-2)18(11-15)24-3/h6-7,11,14,16H,4-5,8-10,12-13H2,1-3H3. The average molecular weight is 348 g/mol. The minimum atomic E-state index is 0.114. The Kier molecular flexibility index (Phi) is 5.81. The van der Waals surface area contributed by atoms with Crippen LogP contribution in [0.3, 0.4) is 0 Å². The normalized spacial score (nSPS) is 24.4. The van der Waals surface area contributed by atoms with Crippen LogP contribution in [-0.4, -0.2) is 68.8 Å². The molecule has 1 amide bonds. The second kappa shape index (κ2) is 8.06. The molecule has 0 aliphatic carbocycles. The van der Waals surface area contributed by atoms with E-state index in [2.05, 4.69) is 11.8 Å². The fourth-order valence-electron chi connectivity index (χ4n) is 3.73. The van der Waals surface area contributed by atoms with Crippen molar-refractivity contribution in [2.24, 2.45) is 0 Å². The van der Waals surface area contributed by atoms with E-state index in [4.69, 9.17) is 14.2 Å². The molecular formula is C19H28N2O4. The molecule has 0 radical (unpaired) electrons. The second-order valence-electron chi connectivity index (χ2n) is 6.75.